The molecule has 3 N–H and O–H groups in total. The van der Waals surface area contributed by atoms with Crippen LogP contribution in [0.15, 0.2) is 59.8 Å². The van der Waals surface area contributed by atoms with Crippen molar-refractivity contribution in [3.8, 4) is 5.75 Å². The predicted molar refractivity (Wildman–Crippen MR) is 112 cm³/mol. The Morgan fingerprint density at radius 1 is 1.22 bits per heavy atom. The zero-order chi connectivity index (χ0) is 19.4. The first kappa shape index (κ1) is 19.2. The lowest BCUT2D eigenvalue weighted by atomic mass is 9.95. The van der Waals surface area contributed by atoms with Gasteiger partial charge in [0, 0.05) is 10.7 Å². The summed E-state index contributed by atoms with van der Waals surface area (Å²) in [5.41, 5.74) is 2.76. The van der Waals surface area contributed by atoms with Crippen LogP contribution in [0.5, 0.6) is 5.75 Å². The third-order valence-corrected chi connectivity index (χ3v) is 4.62. The van der Waals surface area contributed by atoms with Crippen molar-refractivity contribution < 1.29 is 9.53 Å². The summed E-state index contributed by atoms with van der Waals surface area (Å²) in [7, 11) is 0. The van der Waals surface area contributed by atoms with Gasteiger partial charge in [-0.25, -0.2) is 0 Å². The number of ether oxygens (including phenoxy) is 1. The summed E-state index contributed by atoms with van der Waals surface area (Å²) < 4.78 is 5.60. The van der Waals surface area contributed by atoms with Crippen molar-refractivity contribution in [2.24, 2.45) is 0 Å². The normalized spacial score (nSPS) is 16.4. The van der Waals surface area contributed by atoms with Crippen LogP contribution in [0.1, 0.15) is 25.5 Å². The maximum Gasteiger partial charge on any atom is 0.255 e. The van der Waals surface area contributed by atoms with E-state index in [0.29, 0.717) is 39.4 Å². The number of benzene rings is 2. The van der Waals surface area contributed by atoms with Crippen molar-refractivity contribution in [3.63, 3.8) is 0 Å². The second-order valence-corrected chi connectivity index (χ2v) is 6.85. The molecule has 27 heavy (non-hydrogen) atoms. The molecule has 7 heteroatoms. The number of rotatable bonds is 5. The molecule has 0 spiro atoms. The van der Waals surface area contributed by atoms with E-state index in [2.05, 4.69) is 16.0 Å². The van der Waals surface area contributed by atoms with Gasteiger partial charge >= 0.3 is 0 Å². The van der Waals surface area contributed by atoms with Crippen molar-refractivity contribution >= 4 is 40.5 Å². The molecule has 1 atom stereocenters. The van der Waals surface area contributed by atoms with E-state index in [1.807, 2.05) is 50.2 Å². The van der Waals surface area contributed by atoms with Gasteiger partial charge in [-0.15, -0.1) is 0 Å². The molecule has 1 amide bonds. The summed E-state index contributed by atoms with van der Waals surface area (Å²) >= 11 is 11.3. The topological polar surface area (TPSA) is 62.4 Å². The first-order valence-corrected chi connectivity index (χ1v) is 9.35. The third-order valence-electron chi connectivity index (χ3n) is 4.15. The number of thiocarbonyl (C=S) groups is 1. The smallest absolute Gasteiger partial charge is 0.255 e. The van der Waals surface area contributed by atoms with Crippen LogP contribution in [0.25, 0.3) is 0 Å². The molecule has 0 aromatic heterocycles. The van der Waals surface area contributed by atoms with Gasteiger partial charge in [0.15, 0.2) is 5.11 Å². The highest BCUT2D eigenvalue weighted by molar-refractivity contribution is 7.80. The molecule has 0 radical (unpaired) electrons. The first-order chi connectivity index (χ1) is 13.0. The molecule has 1 unspecified atom stereocenters. The van der Waals surface area contributed by atoms with Gasteiger partial charge in [-0.3, -0.25) is 4.79 Å². The minimum absolute atomic E-state index is 0.234. The van der Waals surface area contributed by atoms with Gasteiger partial charge in [0.2, 0.25) is 0 Å². The maximum absolute atomic E-state index is 13.1. The van der Waals surface area contributed by atoms with Gasteiger partial charge in [0.1, 0.15) is 5.75 Å². The maximum atomic E-state index is 13.1. The Kier molecular flexibility index (Phi) is 5.98. The molecule has 5 nitrogen and oxygen atoms in total. The van der Waals surface area contributed by atoms with Crippen LogP contribution in [0.3, 0.4) is 0 Å². The molecule has 1 heterocycles. The Labute approximate surface area is 168 Å². The Balaban J connectivity index is 1.93. The molecule has 1 aliphatic heterocycles. The lowest BCUT2D eigenvalue weighted by Gasteiger charge is -2.30. The molecular formula is C20H20ClN3O2S. The number of amides is 1. The lowest BCUT2D eigenvalue weighted by molar-refractivity contribution is -0.113. The number of para-hydroxylation sites is 2. The molecule has 2 aromatic rings. The van der Waals surface area contributed by atoms with Gasteiger partial charge in [-0.1, -0.05) is 35.9 Å². The van der Waals surface area contributed by atoms with Gasteiger partial charge in [-0.2, -0.15) is 0 Å². The zero-order valence-corrected chi connectivity index (χ0v) is 16.6. The van der Waals surface area contributed by atoms with E-state index in [-0.39, 0.29) is 11.9 Å². The molecule has 2 aromatic carbocycles. The zero-order valence-electron chi connectivity index (χ0n) is 15.0. The van der Waals surface area contributed by atoms with Crippen LogP contribution in [0.2, 0.25) is 5.02 Å². The highest BCUT2D eigenvalue weighted by Gasteiger charge is 2.30. The van der Waals surface area contributed by atoms with Gasteiger partial charge in [0.05, 0.1) is 23.9 Å². The van der Waals surface area contributed by atoms with Crippen molar-refractivity contribution in [1.82, 2.24) is 10.6 Å². The van der Waals surface area contributed by atoms with Crippen LogP contribution < -0.4 is 20.7 Å². The van der Waals surface area contributed by atoms with Crippen molar-refractivity contribution in [2.75, 3.05) is 11.9 Å². The molecular weight excluding hydrogens is 382 g/mol. The van der Waals surface area contributed by atoms with Crippen LogP contribution in [-0.2, 0) is 4.79 Å². The average molecular weight is 402 g/mol. The quantitative estimate of drug-likeness (QED) is 0.656. The second kappa shape index (κ2) is 8.41. The Hall–Kier alpha value is -2.57. The summed E-state index contributed by atoms with van der Waals surface area (Å²) in [6, 6.07) is 14.3. The highest BCUT2D eigenvalue weighted by Crippen LogP contribution is 2.30. The molecule has 1 aliphatic rings. The number of carbonyl (C=O) groups is 1. The molecule has 0 bridgehead atoms. The fourth-order valence-corrected chi connectivity index (χ4v) is 3.34. The van der Waals surface area contributed by atoms with Crippen LogP contribution in [0, 0.1) is 0 Å². The number of hydrogen-bond acceptors (Lipinski definition) is 3. The highest BCUT2D eigenvalue weighted by atomic mass is 35.5. The second-order valence-electron chi connectivity index (χ2n) is 6.00. The monoisotopic (exact) mass is 401 g/mol. The Morgan fingerprint density at radius 3 is 2.63 bits per heavy atom. The van der Waals surface area contributed by atoms with E-state index in [9.17, 15) is 4.79 Å². The summed E-state index contributed by atoms with van der Waals surface area (Å²) in [5.74, 6) is 0.393. The lowest BCUT2D eigenvalue weighted by Crippen LogP contribution is -2.45. The predicted octanol–water partition coefficient (Wildman–Crippen LogP) is 4.17. The number of nitrogens with one attached hydrogen (secondary N) is 3. The Morgan fingerprint density at radius 2 is 1.93 bits per heavy atom. The average Bonchev–Trinajstić information content (AvgIpc) is 2.63. The fourth-order valence-electron chi connectivity index (χ4n) is 2.94. The first-order valence-electron chi connectivity index (χ1n) is 8.56. The summed E-state index contributed by atoms with van der Waals surface area (Å²) in [5, 5.41) is 10.2. The molecule has 0 aliphatic carbocycles. The van der Waals surface area contributed by atoms with E-state index < -0.39 is 0 Å². The number of halogens is 1. The largest absolute Gasteiger partial charge is 0.492 e. The molecule has 140 valence electrons. The minimum Gasteiger partial charge on any atom is -0.492 e. The van der Waals surface area contributed by atoms with Crippen LogP contribution in [0.4, 0.5) is 5.69 Å². The van der Waals surface area contributed by atoms with E-state index >= 15 is 0 Å². The number of carbonyl (C=O) groups excluding carboxylic acids is 1. The van der Waals surface area contributed by atoms with Crippen molar-refractivity contribution in [3.05, 3.63) is 70.4 Å². The minimum atomic E-state index is -0.379. The number of hydrogen-bond donors (Lipinski definition) is 3. The van der Waals surface area contributed by atoms with Gasteiger partial charge in [-0.05, 0) is 55.9 Å². The van der Waals surface area contributed by atoms with E-state index in [4.69, 9.17) is 28.6 Å². The summed E-state index contributed by atoms with van der Waals surface area (Å²) in [6.07, 6.45) is 0. The van der Waals surface area contributed by atoms with Gasteiger partial charge < -0.3 is 20.7 Å². The molecule has 0 fully saturated rings. The standard InChI is InChI=1S/C20H20ClN3O2S/c1-3-26-16-7-5-4-6-15(16)23-19(25)17-12(2)22-20(27)24-18(17)13-8-10-14(21)11-9-13/h4-11,18H,3H2,1-2H3,(H,23,25)(H2,22,24,27). The SMILES string of the molecule is CCOc1ccccc1NC(=O)C1=C(C)NC(=S)NC1c1ccc(Cl)cc1. The van der Waals surface area contributed by atoms with E-state index in [1.54, 1.807) is 12.1 Å². The van der Waals surface area contributed by atoms with E-state index in [1.165, 1.54) is 0 Å². The number of allylic oxidation sites excluding steroid dienone is 1. The van der Waals surface area contributed by atoms with Gasteiger partial charge in [0.25, 0.3) is 5.91 Å². The fraction of sp³-hybridized carbons (Fsp3) is 0.200. The molecule has 3 rings (SSSR count). The van der Waals surface area contributed by atoms with E-state index in [0.717, 1.165) is 5.56 Å². The van der Waals surface area contributed by atoms with Crippen LogP contribution in [-0.4, -0.2) is 17.6 Å². The molecule has 0 saturated carbocycles. The third kappa shape index (κ3) is 4.40. The summed E-state index contributed by atoms with van der Waals surface area (Å²) in [6.45, 7) is 4.25. The van der Waals surface area contributed by atoms with Crippen molar-refractivity contribution in [1.29, 1.82) is 0 Å². The summed E-state index contributed by atoms with van der Waals surface area (Å²) in [4.78, 5) is 13.1. The Bertz CT molecular complexity index is 896. The van der Waals surface area contributed by atoms with Crippen LogP contribution >= 0.6 is 23.8 Å². The number of anilines is 1. The molecule has 0 saturated heterocycles. The van der Waals surface area contributed by atoms with Crippen molar-refractivity contribution in [2.45, 2.75) is 19.9 Å².